The molecule has 0 aliphatic carbocycles. The second kappa shape index (κ2) is 11.4. The summed E-state index contributed by atoms with van der Waals surface area (Å²) in [6.45, 7) is 3.67. The van der Waals surface area contributed by atoms with E-state index in [2.05, 4.69) is 10.3 Å². The molecule has 0 fully saturated rings. The van der Waals surface area contributed by atoms with E-state index in [-0.39, 0.29) is 23.7 Å². The van der Waals surface area contributed by atoms with Gasteiger partial charge < -0.3 is 19.7 Å². The van der Waals surface area contributed by atoms with Gasteiger partial charge in [0.15, 0.2) is 0 Å². The monoisotopic (exact) mass is 593 g/mol. The highest BCUT2D eigenvalue weighted by Gasteiger charge is 2.42. The third-order valence-electron chi connectivity index (χ3n) is 7.42. The standard InChI is InChI=1S/C32H27F4N3O4/c1-17-7-5-6-8-24(17)29-28-25(38-30(40)20-11-21(32(34,35)36)13-22(33)12-20)15-37-18(2)27(28)31(41)39(29)16-19-9-10-23(42-3)14-26(19)43-4/h5-15,29H,16H2,1-4H3,(H,38,40). The summed E-state index contributed by atoms with van der Waals surface area (Å²) in [4.78, 5) is 33.3. The smallest absolute Gasteiger partial charge is 0.416 e. The maximum atomic E-state index is 14.1. The van der Waals surface area contributed by atoms with Crippen molar-refractivity contribution in [3.05, 3.63) is 117 Å². The van der Waals surface area contributed by atoms with Crippen molar-refractivity contribution < 1.29 is 36.6 Å². The average molecular weight is 594 g/mol. The predicted molar refractivity (Wildman–Crippen MR) is 151 cm³/mol. The summed E-state index contributed by atoms with van der Waals surface area (Å²) in [6.07, 6.45) is -3.50. The molecule has 0 saturated carbocycles. The molecule has 11 heteroatoms. The minimum Gasteiger partial charge on any atom is -0.497 e. The number of amides is 2. The molecule has 43 heavy (non-hydrogen) atoms. The Balaban J connectivity index is 1.63. The number of rotatable bonds is 7. The molecule has 3 aromatic carbocycles. The van der Waals surface area contributed by atoms with Gasteiger partial charge in [0.25, 0.3) is 11.8 Å². The molecule has 0 bridgehead atoms. The fourth-order valence-electron chi connectivity index (χ4n) is 5.32. The Morgan fingerprint density at radius 2 is 1.77 bits per heavy atom. The number of halogens is 4. The van der Waals surface area contributed by atoms with Crippen molar-refractivity contribution in [2.75, 3.05) is 19.5 Å². The first kappa shape index (κ1) is 29.6. The van der Waals surface area contributed by atoms with Crippen LogP contribution in [0.4, 0.5) is 23.2 Å². The largest absolute Gasteiger partial charge is 0.497 e. The van der Waals surface area contributed by atoms with Crippen LogP contribution in [0.1, 0.15) is 60.3 Å². The Morgan fingerprint density at radius 1 is 1.02 bits per heavy atom. The molecular weight excluding hydrogens is 566 g/mol. The van der Waals surface area contributed by atoms with E-state index in [1.165, 1.54) is 20.4 Å². The number of hydrogen-bond donors (Lipinski definition) is 1. The van der Waals surface area contributed by atoms with Gasteiger partial charge >= 0.3 is 6.18 Å². The minimum absolute atomic E-state index is 0.116. The third kappa shape index (κ3) is 5.62. The van der Waals surface area contributed by atoms with E-state index in [9.17, 15) is 27.2 Å². The first-order valence-corrected chi connectivity index (χ1v) is 13.2. The number of benzene rings is 3. The van der Waals surface area contributed by atoms with E-state index in [1.807, 2.05) is 31.2 Å². The Kier molecular flexibility index (Phi) is 7.83. The summed E-state index contributed by atoms with van der Waals surface area (Å²) in [5.74, 6) is -1.47. The number of aryl methyl sites for hydroxylation is 2. The number of anilines is 1. The molecule has 2 heterocycles. The maximum Gasteiger partial charge on any atom is 0.416 e. The van der Waals surface area contributed by atoms with Crippen LogP contribution in [0.2, 0.25) is 0 Å². The van der Waals surface area contributed by atoms with Crippen LogP contribution in [-0.2, 0) is 12.7 Å². The lowest BCUT2D eigenvalue weighted by Gasteiger charge is -2.28. The van der Waals surface area contributed by atoms with Crippen LogP contribution in [0.3, 0.4) is 0 Å². The predicted octanol–water partition coefficient (Wildman–Crippen LogP) is 6.87. The van der Waals surface area contributed by atoms with Crippen LogP contribution in [0.5, 0.6) is 11.5 Å². The first-order chi connectivity index (χ1) is 20.4. The van der Waals surface area contributed by atoms with Gasteiger partial charge in [0.05, 0.1) is 55.5 Å². The number of nitrogens with one attached hydrogen (secondary N) is 1. The lowest BCUT2D eigenvalue weighted by Crippen LogP contribution is -2.29. The number of alkyl halides is 3. The SMILES string of the molecule is COc1ccc(CN2C(=O)c3c(C)ncc(NC(=O)c4cc(F)cc(C(F)(F)F)c4)c3C2c2ccccc2C)c(OC)c1. The highest BCUT2D eigenvalue weighted by molar-refractivity contribution is 6.08. The van der Waals surface area contributed by atoms with Crippen LogP contribution in [-0.4, -0.2) is 35.9 Å². The van der Waals surface area contributed by atoms with Gasteiger partial charge in [-0.15, -0.1) is 0 Å². The van der Waals surface area contributed by atoms with Crippen LogP contribution < -0.4 is 14.8 Å². The van der Waals surface area contributed by atoms with E-state index >= 15 is 0 Å². The summed E-state index contributed by atoms with van der Waals surface area (Å²) >= 11 is 0. The molecule has 1 atom stereocenters. The normalized spacial score (nSPS) is 14.5. The summed E-state index contributed by atoms with van der Waals surface area (Å²) in [7, 11) is 3.04. The van der Waals surface area contributed by atoms with Gasteiger partial charge in [0.1, 0.15) is 17.3 Å². The summed E-state index contributed by atoms with van der Waals surface area (Å²) in [5, 5.41) is 2.60. The second-order valence-electron chi connectivity index (χ2n) is 10.1. The zero-order chi connectivity index (χ0) is 31.1. The second-order valence-corrected chi connectivity index (χ2v) is 10.1. The van der Waals surface area contributed by atoms with Gasteiger partial charge in [-0.1, -0.05) is 24.3 Å². The molecule has 5 rings (SSSR count). The molecule has 222 valence electrons. The van der Waals surface area contributed by atoms with E-state index in [1.54, 1.807) is 30.0 Å². The van der Waals surface area contributed by atoms with Crippen LogP contribution in [0.25, 0.3) is 0 Å². The van der Waals surface area contributed by atoms with Gasteiger partial charge in [-0.25, -0.2) is 4.39 Å². The lowest BCUT2D eigenvalue weighted by atomic mass is 9.93. The number of aromatic nitrogens is 1. The van der Waals surface area contributed by atoms with Crippen molar-refractivity contribution in [1.82, 2.24) is 9.88 Å². The van der Waals surface area contributed by atoms with Crippen molar-refractivity contribution in [3.63, 3.8) is 0 Å². The van der Waals surface area contributed by atoms with Gasteiger partial charge in [-0.3, -0.25) is 14.6 Å². The zero-order valence-corrected chi connectivity index (χ0v) is 23.7. The average Bonchev–Trinajstić information content (AvgIpc) is 3.26. The topological polar surface area (TPSA) is 80.8 Å². The molecule has 1 N–H and O–H groups in total. The van der Waals surface area contributed by atoms with E-state index in [0.717, 1.165) is 17.2 Å². The van der Waals surface area contributed by atoms with Gasteiger partial charge in [0, 0.05) is 22.8 Å². The number of carbonyl (C=O) groups is 2. The molecule has 1 aromatic heterocycles. The van der Waals surface area contributed by atoms with Crippen molar-refractivity contribution in [2.24, 2.45) is 0 Å². The fraction of sp³-hybridized carbons (Fsp3) is 0.219. The van der Waals surface area contributed by atoms with E-state index in [4.69, 9.17) is 9.47 Å². The number of methoxy groups -OCH3 is 2. The van der Waals surface area contributed by atoms with Gasteiger partial charge in [-0.2, -0.15) is 13.2 Å². The number of pyridine rings is 1. The Hall–Kier alpha value is -4.93. The minimum atomic E-state index is -4.85. The van der Waals surface area contributed by atoms with Crippen molar-refractivity contribution >= 4 is 17.5 Å². The molecule has 0 radical (unpaired) electrons. The van der Waals surface area contributed by atoms with Crippen LogP contribution in [0.15, 0.2) is 66.9 Å². The van der Waals surface area contributed by atoms with Crippen molar-refractivity contribution in [2.45, 2.75) is 32.6 Å². The van der Waals surface area contributed by atoms with E-state index in [0.29, 0.717) is 40.5 Å². The van der Waals surface area contributed by atoms with Gasteiger partial charge in [-0.05, 0) is 55.3 Å². The molecule has 1 aliphatic rings. The molecule has 0 saturated heterocycles. The zero-order valence-electron chi connectivity index (χ0n) is 23.7. The third-order valence-corrected chi connectivity index (χ3v) is 7.42. The highest BCUT2D eigenvalue weighted by atomic mass is 19.4. The number of fused-ring (bicyclic) bond motifs is 1. The quantitative estimate of drug-likeness (QED) is 0.237. The molecule has 7 nitrogen and oxygen atoms in total. The van der Waals surface area contributed by atoms with Crippen molar-refractivity contribution in [3.8, 4) is 11.5 Å². The van der Waals surface area contributed by atoms with Crippen LogP contribution in [0, 0.1) is 19.7 Å². The Morgan fingerprint density at radius 3 is 2.44 bits per heavy atom. The maximum absolute atomic E-state index is 14.1. The van der Waals surface area contributed by atoms with E-state index < -0.39 is 35.1 Å². The molecule has 4 aromatic rings. The summed E-state index contributed by atoms with van der Waals surface area (Å²) in [6, 6.07) is 13.6. The van der Waals surface area contributed by atoms with Gasteiger partial charge in [0.2, 0.25) is 0 Å². The number of hydrogen-bond acceptors (Lipinski definition) is 5. The molecule has 2 amide bonds. The lowest BCUT2D eigenvalue weighted by molar-refractivity contribution is -0.137. The first-order valence-electron chi connectivity index (χ1n) is 13.2. The molecule has 1 aliphatic heterocycles. The number of carbonyl (C=O) groups excluding carboxylic acids is 2. The highest BCUT2D eigenvalue weighted by Crippen LogP contribution is 2.45. The van der Waals surface area contributed by atoms with Crippen LogP contribution >= 0.6 is 0 Å². The Bertz CT molecular complexity index is 1740. The molecular formula is C32H27F4N3O4. The summed E-state index contributed by atoms with van der Waals surface area (Å²) < 4.78 is 65.0. The fourth-order valence-corrected chi connectivity index (χ4v) is 5.32. The Labute approximate surface area is 245 Å². The number of ether oxygens (including phenoxy) is 2. The molecule has 1 unspecified atom stereocenters. The molecule has 0 spiro atoms. The number of nitrogens with zero attached hydrogens (tertiary/aromatic N) is 2. The summed E-state index contributed by atoms with van der Waals surface area (Å²) in [5.41, 5.74) is 1.73. The van der Waals surface area contributed by atoms with Crippen molar-refractivity contribution in [1.29, 1.82) is 0 Å².